The lowest BCUT2D eigenvalue weighted by Gasteiger charge is -2.45. The number of hydrogen-bond acceptors (Lipinski definition) is 8. The number of rotatable bonds is 4. The Balaban J connectivity index is 1.36. The molecule has 3 aromatic rings. The quantitative estimate of drug-likeness (QED) is 0.617. The Morgan fingerprint density at radius 2 is 2.00 bits per heavy atom. The van der Waals surface area contributed by atoms with Crippen LogP contribution in [0.25, 0.3) is 10.9 Å². The van der Waals surface area contributed by atoms with E-state index in [0.717, 1.165) is 54.2 Å². The molecule has 2 aliphatic heterocycles. The van der Waals surface area contributed by atoms with Crippen LogP contribution in [0.1, 0.15) is 12.6 Å². The fourth-order valence-electron chi connectivity index (χ4n) is 4.50. The maximum Gasteiger partial charge on any atom is 0.227 e. The molecule has 2 saturated heterocycles. The second kappa shape index (κ2) is 8.15. The predicted molar refractivity (Wildman–Crippen MR) is 125 cm³/mol. The van der Waals surface area contributed by atoms with E-state index in [0.29, 0.717) is 24.2 Å². The summed E-state index contributed by atoms with van der Waals surface area (Å²) in [5.74, 6) is 0.523. The first-order chi connectivity index (χ1) is 15.3. The summed E-state index contributed by atoms with van der Waals surface area (Å²) in [6.07, 6.45) is 3.10. The Morgan fingerprint density at radius 3 is 2.66 bits per heavy atom. The molecule has 2 fully saturated rings. The molecule has 1 aromatic carbocycles. The minimum absolute atomic E-state index is 0.322. The molecule has 0 bridgehead atoms. The second-order valence-electron chi connectivity index (χ2n) is 8.81. The van der Waals surface area contributed by atoms with Crippen LogP contribution in [0.5, 0.6) is 0 Å². The highest BCUT2D eigenvalue weighted by Gasteiger charge is 2.44. The van der Waals surface area contributed by atoms with E-state index >= 15 is 0 Å². The van der Waals surface area contributed by atoms with Gasteiger partial charge in [-0.1, -0.05) is 11.6 Å². The molecule has 170 valence electrons. The average Bonchev–Trinajstić information content (AvgIpc) is 3.30. The van der Waals surface area contributed by atoms with E-state index in [4.69, 9.17) is 21.3 Å². The minimum atomic E-state index is -0.454. The molecule has 10 heteroatoms. The number of aliphatic hydroxyl groups is 1. The molecule has 0 radical (unpaired) electrons. The number of anilines is 3. The number of hydrogen-bond donors (Lipinski definition) is 2. The van der Waals surface area contributed by atoms with E-state index in [-0.39, 0.29) is 5.54 Å². The van der Waals surface area contributed by atoms with Crippen molar-refractivity contribution in [2.24, 2.45) is 7.05 Å². The lowest BCUT2D eigenvalue weighted by atomic mass is 9.95. The predicted octanol–water partition coefficient (Wildman–Crippen LogP) is 2.34. The first kappa shape index (κ1) is 21.4. The molecule has 32 heavy (non-hydrogen) atoms. The Hall–Kier alpha value is -2.46. The molecule has 2 atom stereocenters. The lowest BCUT2D eigenvalue weighted by molar-refractivity contribution is 0.00884. The van der Waals surface area contributed by atoms with E-state index in [2.05, 4.69) is 32.1 Å². The number of halogens is 1. The van der Waals surface area contributed by atoms with Crippen molar-refractivity contribution < 1.29 is 9.84 Å². The van der Waals surface area contributed by atoms with Gasteiger partial charge in [-0.3, -0.25) is 9.58 Å². The van der Waals surface area contributed by atoms with Crippen molar-refractivity contribution in [1.29, 1.82) is 0 Å². The van der Waals surface area contributed by atoms with Crippen LogP contribution in [0.4, 0.5) is 17.3 Å². The number of aryl methyl sites for hydroxylation is 1. The third kappa shape index (κ3) is 3.69. The SMILES string of the molecule is Cc1c(Nc2ncc3cc(Cl)c(N4CCN([C@]5(C)COC[C@@H]5O)CC4)cc3n2)cnn1C. The van der Waals surface area contributed by atoms with Gasteiger partial charge in [0.2, 0.25) is 5.95 Å². The van der Waals surface area contributed by atoms with Crippen LogP contribution in [0, 0.1) is 6.92 Å². The Bertz CT molecular complexity index is 1140. The highest BCUT2D eigenvalue weighted by molar-refractivity contribution is 6.34. The van der Waals surface area contributed by atoms with Gasteiger partial charge in [0.1, 0.15) is 0 Å². The van der Waals surface area contributed by atoms with E-state index in [9.17, 15) is 5.11 Å². The van der Waals surface area contributed by atoms with Crippen molar-refractivity contribution in [3.63, 3.8) is 0 Å². The third-order valence-corrected chi connectivity index (χ3v) is 7.16. The van der Waals surface area contributed by atoms with Gasteiger partial charge < -0.3 is 20.1 Å². The fourth-order valence-corrected chi connectivity index (χ4v) is 4.79. The van der Waals surface area contributed by atoms with E-state index in [1.807, 2.05) is 26.1 Å². The lowest BCUT2D eigenvalue weighted by Crippen LogP contribution is -2.60. The number of aromatic nitrogens is 4. The zero-order valence-electron chi connectivity index (χ0n) is 18.5. The molecule has 0 saturated carbocycles. The summed E-state index contributed by atoms with van der Waals surface area (Å²) in [5.41, 5.74) is 3.36. The molecule has 4 heterocycles. The fraction of sp³-hybridized carbons (Fsp3) is 0.500. The van der Waals surface area contributed by atoms with Gasteiger partial charge in [0.25, 0.3) is 0 Å². The minimum Gasteiger partial charge on any atom is -0.389 e. The van der Waals surface area contributed by atoms with Crippen LogP contribution in [0.3, 0.4) is 0 Å². The summed E-state index contributed by atoms with van der Waals surface area (Å²) in [6, 6.07) is 3.96. The van der Waals surface area contributed by atoms with Gasteiger partial charge in [0.15, 0.2) is 0 Å². The molecule has 5 rings (SSSR count). The van der Waals surface area contributed by atoms with Crippen LogP contribution >= 0.6 is 11.6 Å². The van der Waals surface area contributed by atoms with Gasteiger partial charge in [-0.25, -0.2) is 9.97 Å². The third-order valence-electron chi connectivity index (χ3n) is 6.86. The molecule has 2 aliphatic rings. The van der Waals surface area contributed by atoms with Crippen LogP contribution in [0.15, 0.2) is 24.5 Å². The summed E-state index contributed by atoms with van der Waals surface area (Å²) in [7, 11) is 1.90. The molecule has 2 aromatic heterocycles. The number of piperazine rings is 1. The Morgan fingerprint density at radius 1 is 1.22 bits per heavy atom. The van der Waals surface area contributed by atoms with Crippen molar-refractivity contribution in [3.05, 3.63) is 35.2 Å². The number of fused-ring (bicyclic) bond motifs is 1. The van der Waals surface area contributed by atoms with Crippen LogP contribution < -0.4 is 10.2 Å². The number of benzene rings is 1. The summed E-state index contributed by atoms with van der Waals surface area (Å²) in [6.45, 7) is 8.35. The van der Waals surface area contributed by atoms with Crippen LogP contribution in [-0.4, -0.2) is 80.8 Å². The number of nitrogens with one attached hydrogen (secondary N) is 1. The van der Waals surface area contributed by atoms with E-state index in [1.165, 1.54) is 0 Å². The topological polar surface area (TPSA) is 91.6 Å². The number of aliphatic hydroxyl groups excluding tert-OH is 1. The van der Waals surface area contributed by atoms with Gasteiger partial charge in [-0.15, -0.1) is 0 Å². The summed E-state index contributed by atoms with van der Waals surface area (Å²) in [5, 5.41) is 19.5. The van der Waals surface area contributed by atoms with Crippen molar-refractivity contribution in [2.45, 2.75) is 25.5 Å². The smallest absolute Gasteiger partial charge is 0.227 e. The van der Waals surface area contributed by atoms with Gasteiger partial charge in [-0.05, 0) is 26.0 Å². The van der Waals surface area contributed by atoms with E-state index in [1.54, 1.807) is 17.1 Å². The van der Waals surface area contributed by atoms with Crippen LogP contribution in [0.2, 0.25) is 5.02 Å². The number of nitrogens with zero attached hydrogens (tertiary/aromatic N) is 6. The molecule has 0 spiro atoms. The highest BCUT2D eigenvalue weighted by atomic mass is 35.5. The Kier molecular flexibility index (Phi) is 5.45. The van der Waals surface area contributed by atoms with Gasteiger partial charge in [0, 0.05) is 44.8 Å². The van der Waals surface area contributed by atoms with Crippen molar-refractivity contribution in [3.8, 4) is 0 Å². The van der Waals surface area contributed by atoms with E-state index < -0.39 is 6.10 Å². The summed E-state index contributed by atoms with van der Waals surface area (Å²) < 4.78 is 7.32. The van der Waals surface area contributed by atoms with Crippen molar-refractivity contribution in [2.75, 3.05) is 49.6 Å². The summed E-state index contributed by atoms with van der Waals surface area (Å²) >= 11 is 6.65. The van der Waals surface area contributed by atoms with Crippen molar-refractivity contribution in [1.82, 2.24) is 24.6 Å². The monoisotopic (exact) mass is 457 g/mol. The van der Waals surface area contributed by atoms with Gasteiger partial charge in [-0.2, -0.15) is 5.10 Å². The van der Waals surface area contributed by atoms with Gasteiger partial charge in [0.05, 0.1) is 58.7 Å². The zero-order valence-corrected chi connectivity index (χ0v) is 19.3. The first-order valence-electron chi connectivity index (χ1n) is 10.8. The Labute approximate surface area is 191 Å². The largest absolute Gasteiger partial charge is 0.389 e. The van der Waals surface area contributed by atoms with Crippen LogP contribution in [-0.2, 0) is 11.8 Å². The molecule has 0 unspecified atom stereocenters. The van der Waals surface area contributed by atoms with Crippen molar-refractivity contribution >= 4 is 39.8 Å². The molecular formula is C22H28ClN7O2. The maximum atomic E-state index is 10.4. The van der Waals surface area contributed by atoms with Gasteiger partial charge >= 0.3 is 0 Å². The molecule has 0 aliphatic carbocycles. The molecular weight excluding hydrogens is 430 g/mol. The summed E-state index contributed by atoms with van der Waals surface area (Å²) in [4.78, 5) is 13.8. The molecule has 0 amide bonds. The normalized spacial score (nSPS) is 24.4. The first-order valence-corrected chi connectivity index (χ1v) is 11.2. The maximum absolute atomic E-state index is 10.4. The highest BCUT2D eigenvalue weighted by Crippen LogP contribution is 2.33. The second-order valence-corrected chi connectivity index (χ2v) is 9.22. The molecule has 2 N–H and O–H groups in total. The standard InChI is InChI=1S/C22H28ClN7O2/c1-14-18(11-25-28(14)3)27-21-24-10-15-8-16(23)19(9-17(15)26-21)29-4-6-30(7-5-29)22(2)13-32-12-20(22)31/h8-11,20,31H,4-7,12-13H2,1-3H3,(H,24,26,27)/t20-,22+/m0/s1. The molecule has 9 nitrogen and oxygen atoms in total. The number of ether oxygens (including phenoxy) is 1. The zero-order chi connectivity index (χ0) is 22.5. The average molecular weight is 458 g/mol.